The minimum Gasteiger partial charge on any atom is -0.305 e. The fourth-order valence-electron chi connectivity index (χ4n) is 1.48. The first-order chi connectivity index (χ1) is 8.16. The van der Waals surface area contributed by atoms with E-state index in [-0.39, 0.29) is 16.9 Å². The van der Waals surface area contributed by atoms with Gasteiger partial charge in [0.25, 0.3) is 0 Å². The molecule has 17 heavy (non-hydrogen) atoms. The predicted octanol–water partition coefficient (Wildman–Crippen LogP) is 3.79. The number of hydrogen-bond donors (Lipinski definition) is 1. The average molecular weight is 271 g/mol. The molecular formula is C12H12ClFN2S. The Kier molecular flexibility index (Phi) is 4.10. The summed E-state index contributed by atoms with van der Waals surface area (Å²) >= 11 is 7.35. The van der Waals surface area contributed by atoms with E-state index in [1.54, 1.807) is 29.0 Å². The van der Waals surface area contributed by atoms with Gasteiger partial charge in [0.1, 0.15) is 5.82 Å². The molecule has 0 bridgehead atoms. The molecule has 1 heterocycles. The number of nitrogens with zero attached hydrogens (tertiary/aromatic N) is 1. The maximum atomic E-state index is 13.0. The zero-order chi connectivity index (χ0) is 12.3. The summed E-state index contributed by atoms with van der Waals surface area (Å²) in [5.74, 6) is -0.384. The first kappa shape index (κ1) is 12.5. The lowest BCUT2D eigenvalue weighted by Gasteiger charge is -2.13. The molecule has 90 valence electrons. The van der Waals surface area contributed by atoms with Gasteiger partial charge in [-0.3, -0.25) is 4.98 Å². The van der Waals surface area contributed by atoms with Crippen LogP contribution >= 0.6 is 22.9 Å². The first-order valence-corrected chi connectivity index (χ1v) is 6.48. The second-order valence-corrected chi connectivity index (χ2v) is 5.12. The molecule has 0 fully saturated rings. The number of thiazole rings is 1. The van der Waals surface area contributed by atoms with Crippen LogP contribution < -0.4 is 5.32 Å². The van der Waals surface area contributed by atoms with Crippen LogP contribution in [0.2, 0.25) is 5.02 Å². The second-order valence-electron chi connectivity index (χ2n) is 3.74. The molecule has 5 heteroatoms. The van der Waals surface area contributed by atoms with Gasteiger partial charge in [-0.15, -0.1) is 11.3 Å². The molecule has 0 amide bonds. The second kappa shape index (κ2) is 5.58. The molecular weight excluding hydrogens is 259 g/mol. The van der Waals surface area contributed by atoms with Gasteiger partial charge in [0.2, 0.25) is 0 Å². The van der Waals surface area contributed by atoms with Gasteiger partial charge >= 0.3 is 0 Å². The molecule has 0 aliphatic rings. The van der Waals surface area contributed by atoms with E-state index in [4.69, 9.17) is 11.6 Å². The van der Waals surface area contributed by atoms with Crippen molar-refractivity contribution in [1.29, 1.82) is 0 Å². The van der Waals surface area contributed by atoms with Crippen LogP contribution in [0.15, 0.2) is 29.9 Å². The van der Waals surface area contributed by atoms with Crippen LogP contribution in [0.5, 0.6) is 0 Å². The van der Waals surface area contributed by atoms with Gasteiger partial charge in [0.05, 0.1) is 10.5 Å². The van der Waals surface area contributed by atoms with Crippen LogP contribution in [0, 0.1) is 5.82 Å². The lowest BCUT2D eigenvalue weighted by molar-refractivity contribution is 0.574. The van der Waals surface area contributed by atoms with Crippen molar-refractivity contribution < 1.29 is 4.39 Å². The Morgan fingerprint density at radius 1 is 1.53 bits per heavy atom. The van der Waals surface area contributed by atoms with Crippen molar-refractivity contribution in [1.82, 2.24) is 10.3 Å². The molecule has 0 spiro atoms. The molecule has 1 N–H and O–H groups in total. The minimum atomic E-state index is -0.384. The third kappa shape index (κ3) is 3.25. The summed E-state index contributed by atoms with van der Waals surface area (Å²) in [6.45, 7) is 2.77. The Morgan fingerprint density at radius 2 is 2.35 bits per heavy atom. The predicted molar refractivity (Wildman–Crippen MR) is 68.8 cm³/mol. The van der Waals surface area contributed by atoms with Crippen molar-refractivity contribution >= 4 is 22.9 Å². The summed E-state index contributed by atoms with van der Waals surface area (Å²) in [5, 5.41) is 3.50. The largest absolute Gasteiger partial charge is 0.305 e. The van der Waals surface area contributed by atoms with Crippen molar-refractivity contribution in [3.05, 3.63) is 51.2 Å². The topological polar surface area (TPSA) is 24.9 Å². The molecule has 0 radical (unpaired) electrons. The number of benzene rings is 1. The maximum Gasteiger partial charge on any atom is 0.141 e. The Morgan fingerprint density at radius 3 is 3.00 bits per heavy atom. The van der Waals surface area contributed by atoms with Crippen LogP contribution in [0.3, 0.4) is 0 Å². The molecule has 1 atom stereocenters. The normalized spacial score (nSPS) is 12.6. The molecule has 0 aliphatic heterocycles. The number of nitrogens with one attached hydrogen (secondary N) is 1. The van der Waals surface area contributed by atoms with Crippen molar-refractivity contribution in [3.63, 3.8) is 0 Å². The van der Waals surface area contributed by atoms with Crippen molar-refractivity contribution in [2.24, 2.45) is 0 Å². The molecule has 2 aromatic rings. The fraction of sp³-hybridized carbons (Fsp3) is 0.250. The Labute approximate surface area is 108 Å². The van der Waals surface area contributed by atoms with E-state index in [9.17, 15) is 4.39 Å². The standard InChI is InChI=1S/C12H12ClFN2S/c1-8(16-6-10-5-15-7-17-10)9-2-3-12(14)11(13)4-9/h2-5,7-8,16H,6H2,1H3. The smallest absolute Gasteiger partial charge is 0.141 e. The summed E-state index contributed by atoms with van der Waals surface area (Å²) in [7, 11) is 0. The number of halogens is 2. The number of aromatic nitrogens is 1. The van der Waals surface area contributed by atoms with Crippen molar-refractivity contribution in [2.45, 2.75) is 19.5 Å². The Hall–Kier alpha value is -0.970. The molecule has 2 rings (SSSR count). The maximum absolute atomic E-state index is 13.0. The fourth-order valence-corrected chi connectivity index (χ4v) is 2.22. The van der Waals surface area contributed by atoms with Crippen LogP contribution in [0.1, 0.15) is 23.4 Å². The van der Waals surface area contributed by atoms with E-state index in [1.165, 1.54) is 10.9 Å². The zero-order valence-electron chi connectivity index (χ0n) is 9.28. The molecule has 1 aromatic carbocycles. The van der Waals surface area contributed by atoms with E-state index in [1.807, 2.05) is 13.1 Å². The highest BCUT2D eigenvalue weighted by molar-refractivity contribution is 7.09. The summed E-state index contributed by atoms with van der Waals surface area (Å²) < 4.78 is 13.0. The highest BCUT2D eigenvalue weighted by atomic mass is 35.5. The molecule has 1 aromatic heterocycles. The summed E-state index contributed by atoms with van der Waals surface area (Å²) in [6.07, 6.45) is 1.84. The van der Waals surface area contributed by atoms with E-state index >= 15 is 0 Å². The van der Waals surface area contributed by atoms with E-state index in [0.717, 1.165) is 12.1 Å². The first-order valence-electron chi connectivity index (χ1n) is 5.22. The SMILES string of the molecule is CC(NCc1cncs1)c1ccc(F)c(Cl)c1. The Bertz CT molecular complexity index is 487. The monoisotopic (exact) mass is 270 g/mol. The van der Waals surface area contributed by atoms with Crippen molar-refractivity contribution in [3.8, 4) is 0 Å². The number of hydrogen-bond acceptors (Lipinski definition) is 3. The summed E-state index contributed by atoms with van der Waals surface area (Å²) in [4.78, 5) is 5.18. The molecule has 2 nitrogen and oxygen atoms in total. The van der Waals surface area contributed by atoms with Gasteiger partial charge in [-0.1, -0.05) is 17.7 Å². The van der Waals surface area contributed by atoms with Gasteiger partial charge in [0, 0.05) is 23.7 Å². The van der Waals surface area contributed by atoms with Gasteiger partial charge in [-0.2, -0.15) is 0 Å². The third-order valence-electron chi connectivity index (χ3n) is 2.51. The lowest BCUT2D eigenvalue weighted by Crippen LogP contribution is -2.17. The molecule has 1 unspecified atom stereocenters. The zero-order valence-corrected chi connectivity index (χ0v) is 10.9. The molecule has 0 saturated carbocycles. The highest BCUT2D eigenvalue weighted by Gasteiger charge is 2.08. The quantitative estimate of drug-likeness (QED) is 0.914. The summed E-state index contributed by atoms with van der Waals surface area (Å²) in [5.41, 5.74) is 2.78. The Balaban J connectivity index is 1.99. The average Bonchev–Trinajstić information content (AvgIpc) is 2.82. The van der Waals surface area contributed by atoms with Crippen LogP contribution in [-0.2, 0) is 6.54 Å². The van der Waals surface area contributed by atoms with E-state index in [0.29, 0.717) is 0 Å². The van der Waals surface area contributed by atoms with Crippen LogP contribution in [-0.4, -0.2) is 4.98 Å². The van der Waals surface area contributed by atoms with E-state index < -0.39 is 0 Å². The summed E-state index contributed by atoms with van der Waals surface area (Å²) in [6, 6.07) is 4.91. The minimum absolute atomic E-state index is 0.121. The van der Waals surface area contributed by atoms with Crippen LogP contribution in [0.25, 0.3) is 0 Å². The van der Waals surface area contributed by atoms with Crippen molar-refractivity contribution in [2.75, 3.05) is 0 Å². The molecule has 0 aliphatic carbocycles. The lowest BCUT2D eigenvalue weighted by atomic mass is 10.1. The van der Waals surface area contributed by atoms with Gasteiger partial charge in [-0.25, -0.2) is 4.39 Å². The number of rotatable bonds is 4. The highest BCUT2D eigenvalue weighted by Crippen LogP contribution is 2.21. The van der Waals surface area contributed by atoms with E-state index in [2.05, 4.69) is 10.3 Å². The molecule has 0 saturated heterocycles. The van der Waals surface area contributed by atoms with Gasteiger partial charge in [-0.05, 0) is 24.6 Å². The third-order valence-corrected chi connectivity index (χ3v) is 3.58. The van der Waals surface area contributed by atoms with Crippen LogP contribution in [0.4, 0.5) is 4.39 Å². The van der Waals surface area contributed by atoms with Gasteiger partial charge < -0.3 is 5.32 Å². The van der Waals surface area contributed by atoms with Gasteiger partial charge in [0.15, 0.2) is 0 Å².